The highest BCUT2D eigenvalue weighted by Gasteiger charge is 2.34. The summed E-state index contributed by atoms with van der Waals surface area (Å²) in [6.07, 6.45) is 6.81. The van der Waals surface area contributed by atoms with Crippen LogP contribution in [-0.4, -0.2) is 52.4 Å². The molecule has 3 atom stereocenters. The first-order chi connectivity index (χ1) is 21.5. The van der Waals surface area contributed by atoms with Gasteiger partial charge in [-0.3, -0.25) is 0 Å². The molecule has 4 aromatic rings. The van der Waals surface area contributed by atoms with Crippen LogP contribution in [0.25, 0.3) is 22.2 Å². The van der Waals surface area contributed by atoms with Crippen molar-refractivity contribution in [3.05, 3.63) is 83.4 Å². The van der Waals surface area contributed by atoms with Gasteiger partial charge in [0.2, 0.25) is 0 Å². The molecule has 0 bridgehead atoms. The van der Waals surface area contributed by atoms with Crippen molar-refractivity contribution in [3.8, 4) is 17.0 Å². The SMILES string of the molecule is O=C(O)c1ccc2c(C3CCCC[C@@H]3F)c3n(c2c1)CCC(CCN1CCCC1)Nc1cc(OCc2ccccc2)ccc1-3. The minimum Gasteiger partial charge on any atom is -0.489 e. The van der Waals surface area contributed by atoms with Crippen LogP contribution in [0.2, 0.25) is 0 Å². The van der Waals surface area contributed by atoms with Gasteiger partial charge in [-0.15, -0.1) is 0 Å². The van der Waals surface area contributed by atoms with E-state index in [0.717, 1.165) is 89.9 Å². The molecule has 1 saturated heterocycles. The van der Waals surface area contributed by atoms with Crippen LogP contribution >= 0.6 is 0 Å². The molecule has 2 N–H and O–H groups in total. The first kappa shape index (κ1) is 28.9. The topological polar surface area (TPSA) is 66.7 Å². The van der Waals surface area contributed by atoms with Crippen LogP contribution < -0.4 is 10.1 Å². The molecule has 3 heterocycles. The Labute approximate surface area is 258 Å². The van der Waals surface area contributed by atoms with Gasteiger partial charge in [0.25, 0.3) is 0 Å². The lowest BCUT2D eigenvalue weighted by Gasteiger charge is -2.31. The van der Waals surface area contributed by atoms with Crippen LogP contribution in [-0.2, 0) is 13.2 Å². The number of aromatic carboxylic acids is 1. The molecule has 1 aromatic heterocycles. The van der Waals surface area contributed by atoms with E-state index in [-0.39, 0.29) is 17.5 Å². The molecule has 230 valence electrons. The van der Waals surface area contributed by atoms with Crippen molar-refractivity contribution < 1.29 is 19.0 Å². The van der Waals surface area contributed by atoms with E-state index < -0.39 is 12.1 Å². The smallest absolute Gasteiger partial charge is 0.335 e. The molecule has 3 aliphatic rings. The summed E-state index contributed by atoms with van der Waals surface area (Å²) in [5.41, 5.74) is 6.34. The van der Waals surface area contributed by atoms with Gasteiger partial charge in [-0.2, -0.15) is 0 Å². The maximum Gasteiger partial charge on any atom is 0.335 e. The summed E-state index contributed by atoms with van der Waals surface area (Å²) in [6.45, 7) is 4.60. The summed E-state index contributed by atoms with van der Waals surface area (Å²) in [5.74, 6) is -0.371. The fourth-order valence-corrected chi connectivity index (χ4v) is 7.64. The maximum atomic E-state index is 15.8. The Morgan fingerprint density at radius 3 is 2.55 bits per heavy atom. The van der Waals surface area contributed by atoms with E-state index in [4.69, 9.17) is 4.74 Å². The zero-order chi connectivity index (χ0) is 30.0. The van der Waals surface area contributed by atoms with Gasteiger partial charge in [0, 0.05) is 53.3 Å². The summed E-state index contributed by atoms with van der Waals surface area (Å²) in [5, 5.41) is 14.8. The van der Waals surface area contributed by atoms with Crippen molar-refractivity contribution in [1.29, 1.82) is 0 Å². The van der Waals surface area contributed by atoms with Crippen LogP contribution in [0.1, 0.15) is 78.8 Å². The fraction of sp³-hybridized carbons (Fsp3) is 0.432. The second-order valence-corrected chi connectivity index (χ2v) is 12.8. The Hall–Kier alpha value is -3.84. The lowest BCUT2D eigenvalue weighted by atomic mass is 9.80. The van der Waals surface area contributed by atoms with E-state index in [2.05, 4.69) is 39.0 Å². The third kappa shape index (κ3) is 5.82. The molecule has 6 nitrogen and oxygen atoms in total. The first-order valence-corrected chi connectivity index (χ1v) is 16.4. The monoisotopic (exact) mass is 595 g/mol. The lowest BCUT2D eigenvalue weighted by Crippen LogP contribution is -2.30. The number of aryl methyl sites for hydroxylation is 1. The number of aromatic nitrogens is 1. The van der Waals surface area contributed by atoms with Gasteiger partial charge in [-0.25, -0.2) is 9.18 Å². The molecule has 2 fully saturated rings. The number of nitrogens with zero attached hydrogens (tertiary/aromatic N) is 2. The molecule has 2 aliphatic heterocycles. The van der Waals surface area contributed by atoms with Crippen molar-refractivity contribution in [2.75, 3.05) is 25.0 Å². The molecule has 2 unspecified atom stereocenters. The summed E-state index contributed by atoms with van der Waals surface area (Å²) in [6, 6.07) is 22.0. The quantitative estimate of drug-likeness (QED) is 0.215. The van der Waals surface area contributed by atoms with E-state index in [1.807, 2.05) is 30.3 Å². The van der Waals surface area contributed by atoms with Gasteiger partial charge < -0.3 is 24.6 Å². The summed E-state index contributed by atoms with van der Waals surface area (Å²) >= 11 is 0. The van der Waals surface area contributed by atoms with E-state index in [0.29, 0.717) is 13.0 Å². The molecule has 44 heavy (non-hydrogen) atoms. The molecule has 0 radical (unpaired) electrons. The first-order valence-electron chi connectivity index (χ1n) is 16.4. The highest BCUT2D eigenvalue weighted by Crippen LogP contribution is 2.48. The molecule has 7 rings (SSSR count). The molecular weight excluding hydrogens is 553 g/mol. The van der Waals surface area contributed by atoms with Crippen molar-refractivity contribution >= 4 is 22.6 Å². The standard InChI is InChI=1S/C37H42FN3O3/c38-32-11-5-4-10-29(32)35-31-14-12-26(37(42)43)22-34(31)41-21-17-27(16-20-40-18-6-7-19-40)39-33-23-28(13-15-30(33)36(35)41)44-24-25-8-2-1-3-9-25/h1-3,8-9,12-15,22-23,27,29,32,39H,4-7,10-11,16-21,24H2,(H,42,43)/t27?,29?,32-/m0/s1. The average Bonchev–Trinajstić information content (AvgIpc) is 3.67. The van der Waals surface area contributed by atoms with Gasteiger partial charge in [-0.1, -0.05) is 49.2 Å². The zero-order valence-electron chi connectivity index (χ0n) is 25.3. The van der Waals surface area contributed by atoms with Crippen molar-refractivity contribution in [2.24, 2.45) is 0 Å². The highest BCUT2D eigenvalue weighted by atomic mass is 19.1. The van der Waals surface area contributed by atoms with Crippen molar-refractivity contribution in [1.82, 2.24) is 9.47 Å². The molecular formula is C37H42FN3O3. The van der Waals surface area contributed by atoms with Gasteiger partial charge >= 0.3 is 5.97 Å². The Bertz CT molecular complexity index is 1630. The van der Waals surface area contributed by atoms with Crippen molar-refractivity contribution in [3.63, 3.8) is 0 Å². The third-order valence-electron chi connectivity index (χ3n) is 9.95. The van der Waals surface area contributed by atoms with E-state index >= 15 is 4.39 Å². The summed E-state index contributed by atoms with van der Waals surface area (Å²) in [4.78, 5) is 14.6. The van der Waals surface area contributed by atoms with Crippen molar-refractivity contribution in [2.45, 2.75) is 82.6 Å². The van der Waals surface area contributed by atoms with Gasteiger partial charge in [0.15, 0.2) is 0 Å². The Morgan fingerprint density at radius 1 is 0.932 bits per heavy atom. The molecule has 3 aromatic carbocycles. The minimum absolute atomic E-state index is 0.217. The third-order valence-corrected chi connectivity index (χ3v) is 9.95. The van der Waals surface area contributed by atoms with Gasteiger partial charge in [-0.05, 0) is 87.0 Å². The number of fused-ring (bicyclic) bond motifs is 5. The number of rotatable bonds is 8. The number of hydrogen-bond donors (Lipinski definition) is 2. The number of anilines is 1. The number of carbonyl (C=O) groups is 1. The maximum absolute atomic E-state index is 15.8. The average molecular weight is 596 g/mol. The minimum atomic E-state index is -0.943. The van der Waals surface area contributed by atoms with E-state index in [1.54, 1.807) is 12.1 Å². The highest BCUT2D eigenvalue weighted by molar-refractivity contribution is 5.99. The predicted molar refractivity (Wildman–Crippen MR) is 174 cm³/mol. The van der Waals surface area contributed by atoms with E-state index in [1.165, 1.54) is 25.9 Å². The number of hydrogen-bond acceptors (Lipinski definition) is 4. The van der Waals surface area contributed by atoms with Crippen LogP contribution in [0, 0.1) is 0 Å². The fourth-order valence-electron chi connectivity index (χ4n) is 7.64. The van der Waals surface area contributed by atoms with E-state index in [9.17, 15) is 9.90 Å². The van der Waals surface area contributed by atoms with Crippen LogP contribution in [0.15, 0.2) is 66.7 Å². The number of alkyl halides is 1. The summed E-state index contributed by atoms with van der Waals surface area (Å²) < 4.78 is 24.3. The van der Waals surface area contributed by atoms with Gasteiger partial charge in [0.1, 0.15) is 18.5 Å². The number of carboxylic acids is 1. The van der Waals surface area contributed by atoms with Crippen LogP contribution in [0.4, 0.5) is 10.1 Å². The molecule has 1 aliphatic carbocycles. The molecule has 7 heteroatoms. The number of ether oxygens (including phenoxy) is 1. The Morgan fingerprint density at radius 2 is 1.75 bits per heavy atom. The van der Waals surface area contributed by atoms with Crippen LogP contribution in [0.3, 0.4) is 0 Å². The Kier molecular flexibility index (Phi) is 8.30. The molecule has 1 saturated carbocycles. The normalized spacial score (nSPS) is 22.1. The largest absolute Gasteiger partial charge is 0.489 e. The number of halogens is 1. The summed E-state index contributed by atoms with van der Waals surface area (Å²) in [7, 11) is 0. The second kappa shape index (κ2) is 12.6. The molecule has 0 spiro atoms. The predicted octanol–water partition coefficient (Wildman–Crippen LogP) is 8.25. The lowest BCUT2D eigenvalue weighted by molar-refractivity contribution is 0.0697. The molecule has 0 amide bonds. The zero-order valence-corrected chi connectivity index (χ0v) is 25.3. The number of benzene rings is 3. The van der Waals surface area contributed by atoms with Crippen LogP contribution in [0.5, 0.6) is 5.75 Å². The van der Waals surface area contributed by atoms with Gasteiger partial charge in [0.05, 0.1) is 11.3 Å². The second-order valence-electron chi connectivity index (χ2n) is 12.8. The number of carboxylic acid groups (broad SMARTS) is 1. The Balaban J connectivity index is 1.34. The number of nitrogens with one attached hydrogen (secondary N) is 1. The number of likely N-dealkylation sites (tertiary alicyclic amines) is 1.